The largest absolute Gasteiger partial charge is 0.399 e. The van der Waals surface area contributed by atoms with Crippen molar-refractivity contribution in [1.82, 2.24) is 14.4 Å². The van der Waals surface area contributed by atoms with Crippen molar-refractivity contribution in [3.05, 3.63) is 77.6 Å². The molecule has 0 radical (unpaired) electrons. The number of nitrogen functional groups attached to an aromatic ring is 1. The van der Waals surface area contributed by atoms with Crippen LogP contribution in [0.25, 0.3) is 17.2 Å². The van der Waals surface area contributed by atoms with Gasteiger partial charge in [-0.25, -0.2) is 18.5 Å². The standard InChI is InChI=1S/C31H36N6O5S/c1-2-11-36(42-20-21-5-9-26(32)10-6-21)31(39)24-13-23-8-7-22(15-29(23)35-30(33)16-24)25-14-28(18-34-17-25)43(40,41)37-12-3-4-27(37)19-38/h5-10,13-15,17-18,27,38H,2-4,11-12,16,19-20,32H2,1H3,(H2,33,35). The lowest BCUT2D eigenvalue weighted by atomic mass is 10.0. The number of nitrogens with zero attached hydrogens (tertiary/aromatic N) is 4. The molecule has 2 aliphatic rings. The van der Waals surface area contributed by atoms with Crippen LogP contribution in [0.4, 0.5) is 11.4 Å². The maximum atomic E-state index is 13.6. The lowest BCUT2D eigenvalue weighted by molar-refractivity contribution is -0.187. The summed E-state index contributed by atoms with van der Waals surface area (Å²) >= 11 is 0. The van der Waals surface area contributed by atoms with E-state index in [2.05, 4.69) is 9.98 Å². The number of hydrogen-bond donors (Lipinski definition) is 3. The molecule has 0 saturated carbocycles. The van der Waals surface area contributed by atoms with Gasteiger partial charge in [-0.1, -0.05) is 31.2 Å². The van der Waals surface area contributed by atoms with Gasteiger partial charge in [0.1, 0.15) is 17.3 Å². The van der Waals surface area contributed by atoms with Crippen molar-refractivity contribution in [3.8, 4) is 11.1 Å². The number of aromatic nitrogens is 1. The van der Waals surface area contributed by atoms with Gasteiger partial charge in [0.05, 0.1) is 12.3 Å². The van der Waals surface area contributed by atoms with Crippen molar-refractivity contribution in [2.24, 2.45) is 10.7 Å². The normalized spacial score (nSPS) is 17.1. The van der Waals surface area contributed by atoms with E-state index in [1.54, 1.807) is 36.5 Å². The van der Waals surface area contributed by atoms with Crippen molar-refractivity contribution in [3.63, 3.8) is 0 Å². The second-order valence-corrected chi connectivity index (χ2v) is 12.5. The maximum Gasteiger partial charge on any atom is 0.273 e. The predicted octanol–water partition coefficient (Wildman–Crippen LogP) is 3.62. The van der Waals surface area contributed by atoms with Gasteiger partial charge < -0.3 is 16.6 Å². The Morgan fingerprint density at radius 1 is 1.12 bits per heavy atom. The van der Waals surface area contributed by atoms with Gasteiger partial charge in [0.25, 0.3) is 5.91 Å². The molecule has 0 spiro atoms. The highest BCUT2D eigenvalue weighted by molar-refractivity contribution is 7.89. The molecule has 1 unspecified atom stereocenters. The number of anilines is 1. The van der Waals surface area contributed by atoms with E-state index in [0.29, 0.717) is 66.0 Å². The number of pyridine rings is 1. The van der Waals surface area contributed by atoms with Crippen molar-refractivity contribution >= 4 is 39.2 Å². The summed E-state index contributed by atoms with van der Waals surface area (Å²) in [4.78, 5) is 28.3. The quantitative estimate of drug-likeness (QED) is 0.233. The first-order chi connectivity index (χ1) is 20.7. The van der Waals surface area contributed by atoms with E-state index < -0.39 is 16.1 Å². The summed E-state index contributed by atoms with van der Waals surface area (Å²) in [7, 11) is -3.82. The van der Waals surface area contributed by atoms with Crippen LogP contribution in [0.1, 0.15) is 43.7 Å². The number of sulfonamides is 1. The van der Waals surface area contributed by atoms with Gasteiger partial charge in [-0.2, -0.15) is 4.31 Å². The summed E-state index contributed by atoms with van der Waals surface area (Å²) in [5, 5.41) is 11.0. The third-order valence-electron chi connectivity index (χ3n) is 7.48. The molecule has 2 aromatic carbocycles. The zero-order chi connectivity index (χ0) is 30.6. The van der Waals surface area contributed by atoms with Gasteiger partial charge in [-0.3, -0.25) is 14.6 Å². The molecule has 1 fully saturated rings. The number of amides is 1. The second kappa shape index (κ2) is 13.0. The van der Waals surface area contributed by atoms with E-state index in [1.807, 2.05) is 31.2 Å². The third kappa shape index (κ3) is 6.78. The Hall–Kier alpha value is -4.10. The molecule has 5 N–H and O–H groups in total. The second-order valence-electron chi connectivity index (χ2n) is 10.6. The van der Waals surface area contributed by atoms with Gasteiger partial charge in [0.15, 0.2) is 0 Å². The van der Waals surface area contributed by atoms with E-state index >= 15 is 0 Å². The fraction of sp³-hybridized carbons (Fsp3) is 0.323. The van der Waals surface area contributed by atoms with Crippen LogP contribution in [0.15, 0.2) is 76.4 Å². The van der Waals surface area contributed by atoms with Crippen molar-refractivity contribution in [2.45, 2.75) is 50.2 Å². The first-order valence-corrected chi connectivity index (χ1v) is 15.7. The summed E-state index contributed by atoms with van der Waals surface area (Å²) in [6, 6.07) is 13.9. The molecular formula is C31H36N6O5S. The monoisotopic (exact) mass is 604 g/mol. The Bertz CT molecular complexity index is 1660. The molecule has 3 heterocycles. The zero-order valence-electron chi connectivity index (χ0n) is 24.0. The van der Waals surface area contributed by atoms with Crippen LogP contribution >= 0.6 is 0 Å². The minimum atomic E-state index is -3.82. The molecule has 43 heavy (non-hydrogen) atoms. The Morgan fingerprint density at radius 2 is 1.91 bits per heavy atom. The lowest BCUT2D eigenvalue weighted by Crippen LogP contribution is -2.37. The Labute approximate surface area is 251 Å². The van der Waals surface area contributed by atoms with Gasteiger partial charge in [0.2, 0.25) is 10.0 Å². The molecule has 3 aromatic rings. The summed E-state index contributed by atoms with van der Waals surface area (Å²) in [6.07, 6.45) is 6.84. The molecule has 226 valence electrons. The highest BCUT2D eigenvalue weighted by Crippen LogP contribution is 2.33. The van der Waals surface area contributed by atoms with Crippen LogP contribution in [0.2, 0.25) is 0 Å². The number of benzene rings is 2. The number of nitrogens with two attached hydrogens (primary N) is 2. The molecule has 11 nitrogen and oxygen atoms in total. The van der Waals surface area contributed by atoms with Crippen molar-refractivity contribution in [2.75, 3.05) is 25.4 Å². The number of aliphatic hydroxyl groups is 1. The molecular weight excluding hydrogens is 568 g/mol. The molecule has 1 amide bonds. The van der Waals surface area contributed by atoms with Crippen LogP contribution in [-0.2, 0) is 26.3 Å². The van der Waals surface area contributed by atoms with Gasteiger partial charge in [-0.15, -0.1) is 0 Å². The number of aliphatic imine (C=N–C) groups is 1. The average Bonchev–Trinajstić information content (AvgIpc) is 3.44. The number of amidine groups is 1. The molecule has 0 bridgehead atoms. The van der Waals surface area contributed by atoms with E-state index in [4.69, 9.17) is 16.3 Å². The zero-order valence-corrected chi connectivity index (χ0v) is 24.8. The topological polar surface area (TPSA) is 164 Å². The summed E-state index contributed by atoms with van der Waals surface area (Å²) < 4.78 is 28.0. The first-order valence-electron chi connectivity index (χ1n) is 14.2. The Kier molecular flexibility index (Phi) is 9.21. The molecule has 0 aliphatic carbocycles. The highest BCUT2D eigenvalue weighted by Gasteiger charge is 2.35. The van der Waals surface area contributed by atoms with E-state index in [-0.39, 0.29) is 36.3 Å². The summed E-state index contributed by atoms with van der Waals surface area (Å²) in [5.41, 5.74) is 16.5. The molecule has 1 atom stereocenters. The minimum Gasteiger partial charge on any atom is -0.399 e. The van der Waals surface area contributed by atoms with E-state index in [0.717, 1.165) is 5.56 Å². The number of rotatable bonds is 10. The van der Waals surface area contributed by atoms with Gasteiger partial charge in [-0.05, 0) is 60.7 Å². The molecule has 1 saturated heterocycles. The Morgan fingerprint density at radius 3 is 2.65 bits per heavy atom. The average molecular weight is 605 g/mol. The fourth-order valence-corrected chi connectivity index (χ4v) is 6.90. The van der Waals surface area contributed by atoms with E-state index in [9.17, 15) is 18.3 Å². The number of carbonyl (C=O) groups is 1. The predicted molar refractivity (Wildman–Crippen MR) is 165 cm³/mol. The fourth-order valence-electron chi connectivity index (χ4n) is 5.22. The van der Waals surface area contributed by atoms with Gasteiger partial charge >= 0.3 is 0 Å². The van der Waals surface area contributed by atoms with Crippen molar-refractivity contribution in [1.29, 1.82) is 0 Å². The van der Waals surface area contributed by atoms with Crippen LogP contribution in [0.3, 0.4) is 0 Å². The molecule has 12 heteroatoms. The lowest BCUT2D eigenvalue weighted by Gasteiger charge is -2.22. The number of hydrogen-bond acceptors (Lipinski definition) is 9. The molecule has 1 aromatic heterocycles. The Balaban J connectivity index is 1.39. The summed E-state index contributed by atoms with van der Waals surface area (Å²) in [5.74, 6) is -0.0263. The van der Waals surface area contributed by atoms with Crippen LogP contribution in [0.5, 0.6) is 0 Å². The number of fused-ring (bicyclic) bond motifs is 1. The van der Waals surface area contributed by atoms with Crippen molar-refractivity contribution < 1.29 is 23.2 Å². The van der Waals surface area contributed by atoms with Crippen LogP contribution < -0.4 is 11.5 Å². The minimum absolute atomic E-state index is 0.0612. The third-order valence-corrected chi connectivity index (χ3v) is 9.39. The van der Waals surface area contributed by atoms with Crippen LogP contribution in [0, 0.1) is 0 Å². The highest BCUT2D eigenvalue weighted by atomic mass is 32.2. The summed E-state index contributed by atoms with van der Waals surface area (Å²) in [6.45, 7) is 2.71. The molecule has 5 rings (SSSR count). The first kappa shape index (κ1) is 30.4. The van der Waals surface area contributed by atoms with Gasteiger partial charge in [0, 0.05) is 60.3 Å². The van der Waals surface area contributed by atoms with E-state index in [1.165, 1.54) is 15.6 Å². The SMILES string of the molecule is CCCN(OCc1ccc(N)cc1)C(=O)C1=Cc2ccc(-c3cncc(S(=O)(=O)N4CCCC4CO)c3)cc2N=C(N)C1. The maximum absolute atomic E-state index is 13.6. The van der Waals surface area contributed by atoms with Crippen LogP contribution in [-0.4, -0.2) is 65.4 Å². The number of aliphatic hydroxyl groups excluding tert-OH is 1. The number of carbonyl (C=O) groups excluding carboxylic acids is 1. The number of hydroxylamine groups is 2. The smallest absolute Gasteiger partial charge is 0.273 e. The molecule has 2 aliphatic heterocycles.